The molecule has 1 aliphatic carbocycles. The van der Waals surface area contributed by atoms with Crippen LogP contribution in [0.5, 0.6) is 0 Å². The largest absolute Gasteiger partial charge is 0.481 e. The zero-order valence-electron chi connectivity index (χ0n) is 10.8. The molecule has 3 heteroatoms. The van der Waals surface area contributed by atoms with Crippen LogP contribution in [-0.4, -0.2) is 21.8 Å². The van der Waals surface area contributed by atoms with Crippen molar-refractivity contribution in [2.45, 2.75) is 59.0 Å². The Morgan fingerprint density at radius 3 is 2.19 bits per heavy atom. The average Bonchev–Trinajstić information content (AvgIpc) is 1.97. The molecule has 2 N–H and O–H groups in total. The van der Waals surface area contributed by atoms with Gasteiger partial charge in [0.1, 0.15) is 0 Å². The monoisotopic (exact) mass is 228 g/mol. The lowest BCUT2D eigenvalue weighted by atomic mass is 9.63. The molecule has 2 atom stereocenters. The summed E-state index contributed by atoms with van der Waals surface area (Å²) in [5.74, 6) is -1.54. The Hall–Kier alpha value is -0.570. The van der Waals surface area contributed by atoms with E-state index in [0.717, 1.165) is 12.8 Å². The number of rotatable bonds is 3. The van der Waals surface area contributed by atoms with Crippen LogP contribution >= 0.6 is 0 Å². The van der Waals surface area contributed by atoms with Gasteiger partial charge in [0.25, 0.3) is 0 Å². The van der Waals surface area contributed by atoms with Crippen LogP contribution in [0.25, 0.3) is 0 Å². The van der Waals surface area contributed by atoms with Crippen LogP contribution in [-0.2, 0) is 4.79 Å². The summed E-state index contributed by atoms with van der Waals surface area (Å²) in [4.78, 5) is 11.3. The summed E-state index contributed by atoms with van der Waals surface area (Å²) in [7, 11) is 0. The van der Waals surface area contributed by atoms with Gasteiger partial charge in [-0.05, 0) is 30.6 Å². The maximum atomic E-state index is 11.3. The van der Waals surface area contributed by atoms with E-state index in [0.29, 0.717) is 12.8 Å². The first kappa shape index (κ1) is 13.5. The van der Waals surface area contributed by atoms with Gasteiger partial charge in [0.2, 0.25) is 0 Å². The van der Waals surface area contributed by atoms with Crippen LogP contribution in [0.3, 0.4) is 0 Å². The van der Waals surface area contributed by atoms with Gasteiger partial charge in [0.05, 0.1) is 11.5 Å². The number of carboxylic acids is 1. The minimum Gasteiger partial charge on any atom is -0.481 e. The van der Waals surface area contributed by atoms with E-state index in [4.69, 9.17) is 0 Å². The lowest BCUT2D eigenvalue weighted by Crippen LogP contribution is -2.50. The molecular weight excluding hydrogens is 204 g/mol. The van der Waals surface area contributed by atoms with Gasteiger partial charge in [-0.15, -0.1) is 0 Å². The van der Waals surface area contributed by atoms with Crippen LogP contribution in [0, 0.1) is 17.3 Å². The van der Waals surface area contributed by atoms with Crippen molar-refractivity contribution in [1.82, 2.24) is 0 Å². The summed E-state index contributed by atoms with van der Waals surface area (Å²) >= 11 is 0. The summed E-state index contributed by atoms with van der Waals surface area (Å²) in [6.45, 7) is 7.96. The maximum Gasteiger partial charge on any atom is 0.309 e. The predicted molar refractivity (Wildman–Crippen MR) is 63.2 cm³/mol. The third-order valence-electron chi connectivity index (χ3n) is 3.76. The molecule has 2 unspecified atom stereocenters. The van der Waals surface area contributed by atoms with Crippen molar-refractivity contribution < 1.29 is 15.0 Å². The van der Waals surface area contributed by atoms with Crippen molar-refractivity contribution in [3.8, 4) is 0 Å². The van der Waals surface area contributed by atoms with Gasteiger partial charge in [0.15, 0.2) is 0 Å². The molecule has 3 nitrogen and oxygen atoms in total. The van der Waals surface area contributed by atoms with E-state index in [1.165, 1.54) is 0 Å². The normalized spacial score (nSPS) is 31.4. The number of hydrogen-bond acceptors (Lipinski definition) is 2. The van der Waals surface area contributed by atoms with Crippen molar-refractivity contribution in [2.24, 2.45) is 17.3 Å². The van der Waals surface area contributed by atoms with E-state index in [2.05, 4.69) is 13.8 Å². The highest BCUT2D eigenvalue weighted by Crippen LogP contribution is 2.46. The van der Waals surface area contributed by atoms with Crippen molar-refractivity contribution in [3.63, 3.8) is 0 Å². The number of aliphatic hydroxyl groups is 1. The van der Waals surface area contributed by atoms with Crippen molar-refractivity contribution in [2.75, 3.05) is 0 Å². The average molecular weight is 228 g/mol. The third kappa shape index (κ3) is 2.76. The molecule has 0 bridgehead atoms. The highest BCUT2D eigenvalue weighted by molar-refractivity contribution is 5.72. The van der Waals surface area contributed by atoms with E-state index in [1.54, 1.807) is 0 Å². The molecular formula is C13H24O3. The Labute approximate surface area is 97.9 Å². The Balaban J connectivity index is 2.93. The molecule has 0 radical (unpaired) electrons. The molecule has 0 amide bonds. The molecule has 0 aliphatic heterocycles. The smallest absolute Gasteiger partial charge is 0.309 e. The van der Waals surface area contributed by atoms with E-state index in [1.807, 2.05) is 13.8 Å². The zero-order valence-corrected chi connectivity index (χ0v) is 10.8. The zero-order chi connectivity index (χ0) is 12.6. The molecule has 1 saturated carbocycles. The molecule has 0 spiro atoms. The fourth-order valence-corrected chi connectivity index (χ4v) is 3.28. The number of carbonyl (C=O) groups is 1. The Bertz CT molecular complexity index is 270. The topological polar surface area (TPSA) is 57.5 Å². The van der Waals surface area contributed by atoms with Gasteiger partial charge >= 0.3 is 5.97 Å². The summed E-state index contributed by atoms with van der Waals surface area (Å²) in [6.07, 6.45) is 3.19. The molecule has 1 rings (SSSR count). The summed E-state index contributed by atoms with van der Waals surface area (Å²) in [6, 6.07) is 0. The first-order valence-corrected chi connectivity index (χ1v) is 6.13. The van der Waals surface area contributed by atoms with E-state index in [-0.39, 0.29) is 11.3 Å². The lowest BCUT2D eigenvalue weighted by Gasteiger charge is -2.45. The van der Waals surface area contributed by atoms with Crippen LogP contribution in [0.2, 0.25) is 0 Å². The van der Waals surface area contributed by atoms with Gasteiger partial charge in [-0.1, -0.05) is 34.1 Å². The fraction of sp³-hybridized carbons (Fsp3) is 0.923. The SMILES string of the molecule is CC(C)C(C(=O)O)C1(O)CCCC(C)(C)C1. The minimum absolute atomic E-state index is 0.0311. The standard InChI is InChI=1S/C13H24O3/c1-9(2)10(11(14)15)13(16)7-5-6-12(3,4)8-13/h9-10,16H,5-8H2,1-4H3,(H,14,15). The van der Waals surface area contributed by atoms with E-state index >= 15 is 0 Å². The second-order valence-corrected chi connectivity index (χ2v) is 6.36. The lowest BCUT2D eigenvalue weighted by molar-refractivity contribution is -0.163. The number of aliphatic carboxylic acids is 1. The van der Waals surface area contributed by atoms with Crippen LogP contribution in [0.4, 0.5) is 0 Å². The Morgan fingerprint density at radius 2 is 1.81 bits per heavy atom. The summed E-state index contributed by atoms with van der Waals surface area (Å²) in [5.41, 5.74) is -0.975. The van der Waals surface area contributed by atoms with Crippen LogP contribution < -0.4 is 0 Å². The highest BCUT2D eigenvalue weighted by atomic mass is 16.4. The van der Waals surface area contributed by atoms with Crippen molar-refractivity contribution in [1.29, 1.82) is 0 Å². The molecule has 0 heterocycles. The van der Waals surface area contributed by atoms with Crippen LogP contribution in [0.1, 0.15) is 53.4 Å². The van der Waals surface area contributed by atoms with Gasteiger partial charge in [-0.3, -0.25) is 4.79 Å². The van der Waals surface area contributed by atoms with Gasteiger partial charge in [0, 0.05) is 0 Å². The Morgan fingerprint density at radius 1 is 1.25 bits per heavy atom. The second-order valence-electron chi connectivity index (χ2n) is 6.36. The first-order valence-electron chi connectivity index (χ1n) is 6.13. The number of hydrogen-bond donors (Lipinski definition) is 2. The molecule has 1 fully saturated rings. The molecule has 0 aromatic carbocycles. The summed E-state index contributed by atoms with van der Waals surface area (Å²) in [5, 5.41) is 19.9. The van der Waals surface area contributed by atoms with Gasteiger partial charge in [-0.2, -0.15) is 0 Å². The van der Waals surface area contributed by atoms with Gasteiger partial charge < -0.3 is 10.2 Å². The summed E-state index contributed by atoms with van der Waals surface area (Å²) < 4.78 is 0. The van der Waals surface area contributed by atoms with Crippen molar-refractivity contribution >= 4 is 5.97 Å². The third-order valence-corrected chi connectivity index (χ3v) is 3.76. The van der Waals surface area contributed by atoms with Crippen LogP contribution in [0.15, 0.2) is 0 Å². The Kier molecular flexibility index (Phi) is 3.68. The van der Waals surface area contributed by atoms with E-state index in [9.17, 15) is 15.0 Å². The quantitative estimate of drug-likeness (QED) is 0.780. The molecule has 16 heavy (non-hydrogen) atoms. The fourth-order valence-electron chi connectivity index (χ4n) is 3.28. The minimum atomic E-state index is -1.03. The molecule has 0 aromatic heterocycles. The first-order chi connectivity index (χ1) is 7.18. The maximum absolute atomic E-state index is 11.3. The predicted octanol–water partition coefficient (Wildman–Crippen LogP) is 2.67. The van der Waals surface area contributed by atoms with E-state index < -0.39 is 17.5 Å². The molecule has 1 aliphatic rings. The molecule has 0 saturated heterocycles. The second kappa shape index (κ2) is 4.36. The van der Waals surface area contributed by atoms with Gasteiger partial charge in [-0.25, -0.2) is 0 Å². The molecule has 0 aromatic rings. The molecule has 94 valence electrons. The number of carboxylic acid groups (broad SMARTS) is 1. The van der Waals surface area contributed by atoms with Crippen molar-refractivity contribution in [3.05, 3.63) is 0 Å². The highest BCUT2D eigenvalue weighted by Gasteiger charge is 2.48.